The molecular formula is C23H28ClNO2. The van der Waals surface area contributed by atoms with Crippen molar-refractivity contribution in [3.05, 3.63) is 42.5 Å². The van der Waals surface area contributed by atoms with E-state index >= 15 is 0 Å². The standard InChI is InChI=1S/C23H27NO2.ClH/c1-2-7-22-20(6-1)21-15-19(8-9-23(21)26-22)25-14-4-3-5-18-16-24-12-10-17(18)11-13-24;/h1-2,6-9,15,17-18H,3-5,10-14,16H2;1H. The van der Waals surface area contributed by atoms with E-state index in [2.05, 4.69) is 23.1 Å². The molecule has 27 heavy (non-hydrogen) atoms. The van der Waals surface area contributed by atoms with Crippen LogP contribution in [0.15, 0.2) is 46.9 Å². The highest BCUT2D eigenvalue weighted by molar-refractivity contribution is 6.05. The van der Waals surface area contributed by atoms with E-state index in [1.165, 1.54) is 45.3 Å². The summed E-state index contributed by atoms with van der Waals surface area (Å²) in [7, 11) is 0. The summed E-state index contributed by atoms with van der Waals surface area (Å²) in [5, 5.41) is 2.31. The molecule has 0 amide bonds. The molecular weight excluding hydrogens is 358 g/mol. The van der Waals surface area contributed by atoms with Crippen LogP contribution in [0.5, 0.6) is 5.75 Å². The zero-order chi connectivity index (χ0) is 17.3. The van der Waals surface area contributed by atoms with E-state index in [9.17, 15) is 0 Å². The average Bonchev–Trinajstić information content (AvgIpc) is 3.07. The molecule has 0 radical (unpaired) electrons. The van der Waals surface area contributed by atoms with E-state index in [-0.39, 0.29) is 12.4 Å². The minimum absolute atomic E-state index is 0. The molecule has 4 heteroatoms. The van der Waals surface area contributed by atoms with Crippen molar-refractivity contribution >= 4 is 34.3 Å². The van der Waals surface area contributed by atoms with Crippen LogP contribution in [0.4, 0.5) is 0 Å². The molecule has 4 heterocycles. The van der Waals surface area contributed by atoms with Crippen LogP contribution in [-0.2, 0) is 0 Å². The quantitative estimate of drug-likeness (QED) is 0.494. The number of benzene rings is 2. The fourth-order valence-electron chi connectivity index (χ4n) is 4.91. The van der Waals surface area contributed by atoms with Gasteiger partial charge < -0.3 is 14.1 Å². The number of hydrogen-bond acceptors (Lipinski definition) is 3. The summed E-state index contributed by atoms with van der Waals surface area (Å²) < 4.78 is 11.9. The van der Waals surface area contributed by atoms with Gasteiger partial charge in [0, 0.05) is 17.3 Å². The van der Waals surface area contributed by atoms with Gasteiger partial charge in [0.05, 0.1) is 6.61 Å². The number of piperidine rings is 3. The first-order valence-corrected chi connectivity index (χ1v) is 10.1. The van der Waals surface area contributed by atoms with E-state index in [1.807, 2.05) is 24.3 Å². The third-order valence-electron chi connectivity index (χ3n) is 6.38. The van der Waals surface area contributed by atoms with E-state index in [0.29, 0.717) is 0 Å². The largest absolute Gasteiger partial charge is 0.494 e. The number of rotatable bonds is 6. The molecule has 3 aliphatic rings. The van der Waals surface area contributed by atoms with E-state index in [0.717, 1.165) is 52.6 Å². The van der Waals surface area contributed by atoms with Gasteiger partial charge in [0.1, 0.15) is 16.9 Å². The Hall–Kier alpha value is -1.71. The fourth-order valence-corrected chi connectivity index (χ4v) is 4.91. The number of ether oxygens (including phenoxy) is 1. The first-order valence-electron chi connectivity index (χ1n) is 10.1. The summed E-state index contributed by atoms with van der Waals surface area (Å²) in [5.74, 6) is 2.88. The molecule has 2 aromatic carbocycles. The maximum atomic E-state index is 6.03. The molecule has 2 bridgehead atoms. The Balaban J connectivity index is 0.00000180. The van der Waals surface area contributed by atoms with Crippen LogP contribution in [0.3, 0.4) is 0 Å². The summed E-state index contributed by atoms with van der Waals surface area (Å²) in [6, 6.07) is 14.4. The molecule has 0 aliphatic carbocycles. The van der Waals surface area contributed by atoms with Gasteiger partial charge in [-0.25, -0.2) is 0 Å². The first kappa shape index (κ1) is 18.6. The maximum Gasteiger partial charge on any atom is 0.135 e. The molecule has 144 valence electrons. The zero-order valence-corrected chi connectivity index (χ0v) is 16.5. The molecule has 1 unspecified atom stereocenters. The highest BCUT2D eigenvalue weighted by atomic mass is 35.5. The number of nitrogens with zero attached hydrogens (tertiary/aromatic N) is 1. The van der Waals surface area contributed by atoms with E-state index in [1.54, 1.807) is 0 Å². The van der Waals surface area contributed by atoms with Crippen molar-refractivity contribution in [2.75, 3.05) is 26.2 Å². The summed E-state index contributed by atoms with van der Waals surface area (Å²) in [6.07, 6.45) is 6.66. The normalized spacial score (nSPS) is 24.2. The average molecular weight is 386 g/mol. The smallest absolute Gasteiger partial charge is 0.135 e. The molecule has 3 fully saturated rings. The number of para-hydroxylation sites is 1. The second kappa shape index (κ2) is 8.12. The first-order chi connectivity index (χ1) is 12.9. The van der Waals surface area contributed by atoms with Crippen molar-refractivity contribution in [2.24, 2.45) is 11.8 Å². The minimum Gasteiger partial charge on any atom is -0.494 e. The summed E-state index contributed by atoms with van der Waals surface area (Å²) in [6.45, 7) is 4.84. The Morgan fingerprint density at radius 2 is 1.78 bits per heavy atom. The van der Waals surface area contributed by atoms with Crippen LogP contribution in [0.25, 0.3) is 21.9 Å². The Bertz CT molecular complexity index is 898. The number of fused-ring (bicyclic) bond motifs is 6. The molecule has 1 atom stereocenters. The topological polar surface area (TPSA) is 25.6 Å². The van der Waals surface area contributed by atoms with Gasteiger partial charge in [-0.3, -0.25) is 0 Å². The lowest BCUT2D eigenvalue weighted by Gasteiger charge is -2.45. The van der Waals surface area contributed by atoms with Crippen molar-refractivity contribution in [1.29, 1.82) is 0 Å². The van der Waals surface area contributed by atoms with Crippen molar-refractivity contribution in [3.63, 3.8) is 0 Å². The Labute approximate surface area is 167 Å². The van der Waals surface area contributed by atoms with E-state index in [4.69, 9.17) is 9.15 Å². The third kappa shape index (κ3) is 3.81. The Morgan fingerprint density at radius 1 is 0.963 bits per heavy atom. The van der Waals surface area contributed by atoms with Gasteiger partial charge in [0.2, 0.25) is 0 Å². The summed E-state index contributed by atoms with van der Waals surface area (Å²) in [4.78, 5) is 2.66. The highest BCUT2D eigenvalue weighted by Gasteiger charge is 2.33. The predicted molar refractivity (Wildman–Crippen MR) is 113 cm³/mol. The Kier molecular flexibility index (Phi) is 5.60. The van der Waals surface area contributed by atoms with Gasteiger partial charge in [-0.2, -0.15) is 0 Å². The van der Waals surface area contributed by atoms with Gasteiger partial charge in [-0.1, -0.05) is 18.2 Å². The van der Waals surface area contributed by atoms with Crippen LogP contribution >= 0.6 is 12.4 Å². The number of hydrogen-bond donors (Lipinski definition) is 0. The molecule has 0 N–H and O–H groups in total. The molecule has 6 rings (SSSR count). The monoisotopic (exact) mass is 385 g/mol. The van der Waals surface area contributed by atoms with Crippen molar-refractivity contribution in [2.45, 2.75) is 32.1 Å². The van der Waals surface area contributed by atoms with Crippen LogP contribution in [-0.4, -0.2) is 31.1 Å². The van der Waals surface area contributed by atoms with Gasteiger partial charge in [0.25, 0.3) is 0 Å². The fraction of sp³-hybridized carbons (Fsp3) is 0.478. The van der Waals surface area contributed by atoms with Crippen LogP contribution in [0.1, 0.15) is 32.1 Å². The SMILES string of the molecule is Cl.c1ccc2c(c1)oc1ccc(OCCCCC3CN4CCC3CC4)cc12. The summed E-state index contributed by atoms with van der Waals surface area (Å²) >= 11 is 0. The van der Waals surface area contributed by atoms with Gasteiger partial charge >= 0.3 is 0 Å². The zero-order valence-electron chi connectivity index (χ0n) is 15.7. The highest BCUT2D eigenvalue weighted by Crippen LogP contribution is 2.35. The van der Waals surface area contributed by atoms with Gasteiger partial charge in [-0.15, -0.1) is 12.4 Å². The molecule has 3 aromatic rings. The van der Waals surface area contributed by atoms with Crippen molar-refractivity contribution < 1.29 is 9.15 Å². The van der Waals surface area contributed by atoms with Crippen molar-refractivity contribution in [1.82, 2.24) is 4.90 Å². The molecule has 3 nitrogen and oxygen atoms in total. The lowest BCUT2D eigenvalue weighted by Crippen LogP contribution is -2.47. The molecule has 3 aliphatic heterocycles. The van der Waals surface area contributed by atoms with Gasteiger partial charge in [-0.05, 0) is 81.3 Å². The lowest BCUT2D eigenvalue weighted by molar-refractivity contribution is 0.0450. The molecule has 0 saturated carbocycles. The van der Waals surface area contributed by atoms with Crippen LogP contribution < -0.4 is 4.74 Å². The second-order valence-corrected chi connectivity index (χ2v) is 8.00. The second-order valence-electron chi connectivity index (χ2n) is 8.00. The molecule has 3 saturated heterocycles. The molecule has 1 aromatic heterocycles. The number of furan rings is 1. The van der Waals surface area contributed by atoms with Crippen molar-refractivity contribution in [3.8, 4) is 5.75 Å². The number of halogens is 1. The maximum absolute atomic E-state index is 6.03. The lowest BCUT2D eigenvalue weighted by atomic mass is 9.77. The van der Waals surface area contributed by atoms with Crippen LogP contribution in [0.2, 0.25) is 0 Å². The van der Waals surface area contributed by atoms with Crippen LogP contribution in [0, 0.1) is 11.8 Å². The van der Waals surface area contributed by atoms with E-state index < -0.39 is 0 Å². The Morgan fingerprint density at radius 3 is 2.59 bits per heavy atom. The summed E-state index contributed by atoms with van der Waals surface area (Å²) in [5.41, 5.74) is 1.87. The third-order valence-corrected chi connectivity index (χ3v) is 6.38. The molecule has 0 spiro atoms. The predicted octanol–water partition coefficient (Wildman–Crippen LogP) is 5.90. The number of unbranched alkanes of at least 4 members (excludes halogenated alkanes) is 1. The minimum atomic E-state index is 0. The van der Waals surface area contributed by atoms with Gasteiger partial charge in [0.15, 0.2) is 0 Å².